The standard InChI is InChI=1S/C11H13BrN4O4S/c1-5(4-17)14-9(18)7-2-6(12)3-13-8(7)15-10(21)16-11(19)20/h2-3,5,17H,4H2,1H3,(H,14,18)(H,19,20)(H2,13,15,16,21). The van der Waals surface area contributed by atoms with Crippen LogP contribution in [0.2, 0.25) is 0 Å². The van der Waals surface area contributed by atoms with E-state index in [-0.39, 0.29) is 23.1 Å². The molecule has 0 radical (unpaired) electrons. The summed E-state index contributed by atoms with van der Waals surface area (Å²) < 4.78 is 0.562. The molecule has 0 fully saturated rings. The summed E-state index contributed by atoms with van der Waals surface area (Å²) in [7, 11) is 0. The van der Waals surface area contributed by atoms with Crippen molar-refractivity contribution in [3.8, 4) is 0 Å². The highest BCUT2D eigenvalue weighted by Crippen LogP contribution is 2.18. The van der Waals surface area contributed by atoms with Crippen molar-refractivity contribution in [3.63, 3.8) is 0 Å². The molecular formula is C11H13BrN4O4S. The van der Waals surface area contributed by atoms with Gasteiger partial charge in [0.25, 0.3) is 5.91 Å². The molecule has 1 atom stereocenters. The van der Waals surface area contributed by atoms with Gasteiger partial charge in [0.2, 0.25) is 0 Å². The Morgan fingerprint density at radius 1 is 1.52 bits per heavy atom. The topological polar surface area (TPSA) is 124 Å². The number of hydrogen-bond donors (Lipinski definition) is 5. The third kappa shape index (κ3) is 5.61. The zero-order valence-corrected chi connectivity index (χ0v) is 13.3. The summed E-state index contributed by atoms with van der Waals surface area (Å²) in [5, 5.41) is 24.3. The van der Waals surface area contributed by atoms with Crippen molar-refractivity contribution in [2.45, 2.75) is 13.0 Å². The van der Waals surface area contributed by atoms with Crippen LogP contribution >= 0.6 is 28.1 Å². The number of aromatic nitrogens is 1. The molecule has 0 aliphatic carbocycles. The Kier molecular flexibility index (Phi) is 6.46. The molecule has 0 spiro atoms. The van der Waals surface area contributed by atoms with Gasteiger partial charge >= 0.3 is 6.09 Å². The van der Waals surface area contributed by atoms with E-state index < -0.39 is 18.0 Å². The summed E-state index contributed by atoms with van der Waals surface area (Å²) in [6.45, 7) is 1.42. The van der Waals surface area contributed by atoms with Crippen molar-refractivity contribution in [1.82, 2.24) is 15.6 Å². The summed E-state index contributed by atoms with van der Waals surface area (Å²) in [4.78, 5) is 26.5. The monoisotopic (exact) mass is 376 g/mol. The van der Waals surface area contributed by atoms with Crippen LogP contribution in [0, 0.1) is 0 Å². The first-order valence-electron chi connectivity index (χ1n) is 5.71. The van der Waals surface area contributed by atoms with Gasteiger partial charge in [-0.05, 0) is 41.1 Å². The van der Waals surface area contributed by atoms with Gasteiger partial charge < -0.3 is 20.8 Å². The van der Waals surface area contributed by atoms with Gasteiger partial charge in [0.05, 0.1) is 12.2 Å². The molecule has 8 nitrogen and oxygen atoms in total. The van der Waals surface area contributed by atoms with Crippen LogP contribution in [0.25, 0.3) is 0 Å². The predicted molar refractivity (Wildman–Crippen MR) is 83.3 cm³/mol. The molecule has 0 saturated carbocycles. The van der Waals surface area contributed by atoms with Crippen LogP contribution in [0.4, 0.5) is 10.6 Å². The maximum Gasteiger partial charge on any atom is 0.410 e. The minimum absolute atomic E-state index is 0.0968. The van der Waals surface area contributed by atoms with E-state index in [1.165, 1.54) is 12.3 Å². The van der Waals surface area contributed by atoms with E-state index >= 15 is 0 Å². The van der Waals surface area contributed by atoms with Crippen molar-refractivity contribution >= 4 is 51.1 Å². The average Bonchev–Trinajstić information content (AvgIpc) is 2.39. The number of nitrogens with one attached hydrogen (secondary N) is 3. The Labute approximate surface area is 134 Å². The molecule has 10 heteroatoms. The largest absolute Gasteiger partial charge is 0.465 e. The second kappa shape index (κ2) is 7.86. The van der Waals surface area contributed by atoms with Crippen LogP contribution in [0.5, 0.6) is 0 Å². The highest BCUT2D eigenvalue weighted by Gasteiger charge is 2.16. The Morgan fingerprint density at radius 2 is 2.19 bits per heavy atom. The van der Waals surface area contributed by atoms with Gasteiger partial charge in [-0.2, -0.15) is 0 Å². The number of thiocarbonyl (C=S) groups is 1. The molecule has 1 heterocycles. The second-order valence-electron chi connectivity index (χ2n) is 3.99. The number of anilines is 1. The van der Waals surface area contributed by atoms with Gasteiger partial charge in [-0.3, -0.25) is 10.1 Å². The second-order valence-corrected chi connectivity index (χ2v) is 5.31. The maximum absolute atomic E-state index is 12.1. The maximum atomic E-state index is 12.1. The summed E-state index contributed by atoms with van der Waals surface area (Å²) in [6, 6.07) is 1.06. The van der Waals surface area contributed by atoms with Gasteiger partial charge in [-0.15, -0.1) is 0 Å². The van der Waals surface area contributed by atoms with E-state index in [0.717, 1.165) is 0 Å². The number of carboxylic acid groups (broad SMARTS) is 1. The molecule has 114 valence electrons. The van der Waals surface area contributed by atoms with E-state index in [2.05, 4.69) is 31.5 Å². The molecule has 1 aromatic heterocycles. The number of halogens is 1. The lowest BCUT2D eigenvalue weighted by Crippen LogP contribution is -2.37. The van der Waals surface area contributed by atoms with Crippen LogP contribution in [-0.4, -0.2) is 45.0 Å². The fraction of sp³-hybridized carbons (Fsp3) is 0.273. The van der Waals surface area contributed by atoms with Gasteiger partial charge in [-0.1, -0.05) is 0 Å². The van der Waals surface area contributed by atoms with Crippen LogP contribution in [0.3, 0.4) is 0 Å². The molecule has 0 aliphatic rings. The predicted octanol–water partition coefficient (Wildman–Crippen LogP) is 0.919. The van der Waals surface area contributed by atoms with Crippen LogP contribution in [0.15, 0.2) is 16.7 Å². The fourth-order valence-corrected chi connectivity index (χ4v) is 1.81. The zero-order chi connectivity index (χ0) is 16.0. The number of aliphatic hydroxyl groups is 1. The van der Waals surface area contributed by atoms with Crippen molar-refractivity contribution in [2.24, 2.45) is 0 Å². The Bertz CT molecular complexity index is 569. The number of carbonyl (C=O) groups excluding carboxylic acids is 1. The third-order valence-corrected chi connectivity index (χ3v) is 2.84. The summed E-state index contributed by atoms with van der Waals surface area (Å²) in [5.74, 6) is -0.384. The quantitative estimate of drug-likeness (QED) is 0.495. The minimum Gasteiger partial charge on any atom is -0.465 e. The zero-order valence-electron chi connectivity index (χ0n) is 10.9. The Morgan fingerprint density at radius 3 is 2.76 bits per heavy atom. The minimum atomic E-state index is -1.33. The van der Waals surface area contributed by atoms with E-state index in [9.17, 15) is 9.59 Å². The van der Waals surface area contributed by atoms with Crippen molar-refractivity contribution in [3.05, 3.63) is 22.3 Å². The summed E-state index contributed by atoms with van der Waals surface area (Å²) in [5.41, 5.74) is 0.152. The number of rotatable bonds is 4. The Hall–Kier alpha value is -1.78. The van der Waals surface area contributed by atoms with Gasteiger partial charge in [0.1, 0.15) is 5.82 Å². The molecule has 0 aromatic carbocycles. The highest BCUT2D eigenvalue weighted by molar-refractivity contribution is 9.10. The van der Waals surface area contributed by atoms with Crippen LogP contribution in [0.1, 0.15) is 17.3 Å². The highest BCUT2D eigenvalue weighted by atomic mass is 79.9. The van der Waals surface area contributed by atoms with Crippen molar-refractivity contribution in [1.29, 1.82) is 0 Å². The molecule has 0 saturated heterocycles. The van der Waals surface area contributed by atoms with Crippen LogP contribution < -0.4 is 16.0 Å². The smallest absolute Gasteiger partial charge is 0.410 e. The van der Waals surface area contributed by atoms with E-state index in [0.29, 0.717) is 4.47 Å². The molecule has 21 heavy (non-hydrogen) atoms. The first kappa shape index (κ1) is 17.3. The molecule has 2 amide bonds. The Balaban J connectivity index is 2.96. The molecule has 1 unspecified atom stereocenters. The van der Waals surface area contributed by atoms with E-state index in [1.807, 2.05) is 5.32 Å². The number of amides is 2. The van der Waals surface area contributed by atoms with E-state index in [1.54, 1.807) is 6.92 Å². The number of carbonyl (C=O) groups is 2. The molecule has 0 aliphatic heterocycles. The van der Waals surface area contributed by atoms with Gasteiger partial charge in [0.15, 0.2) is 5.11 Å². The first-order valence-corrected chi connectivity index (χ1v) is 6.91. The first-order chi connectivity index (χ1) is 9.83. The number of aliphatic hydroxyl groups excluding tert-OH is 1. The van der Waals surface area contributed by atoms with Crippen molar-refractivity contribution < 1.29 is 19.8 Å². The number of hydrogen-bond acceptors (Lipinski definition) is 5. The lowest BCUT2D eigenvalue weighted by molar-refractivity contribution is 0.0923. The number of nitrogens with zero attached hydrogens (tertiary/aromatic N) is 1. The van der Waals surface area contributed by atoms with Crippen molar-refractivity contribution in [2.75, 3.05) is 11.9 Å². The molecule has 1 aromatic rings. The summed E-state index contributed by atoms with van der Waals surface area (Å²) in [6.07, 6.45) is 0.0994. The fourth-order valence-electron chi connectivity index (χ4n) is 1.30. The van der Waals surface area contributed by atoms with E-state index in [4.69, 9.17) is 22.4 Å². The van der Waals surface area contributed by atoms with Crippen LogP contribution in [-0.2, 0) is 0 Å². The molecule has 5 N–H and O–H groups in total. The normalized spacial score (nSPS) is 11.4. The molecule has 0 bridgehead atoms. The molecule has 1 rings (SSSR count). The van der Waals surface area contributed by atoms with Gasteiger partial charge in [-0.25, -0.2) is 9.78 Å². The average molecular weight is 377 g/mol. The van der Waals surface area contributed by atoms with Gasteiger partial charge in [0, 0.05) is 16.7 Å². The SMILES string of the molecule is CC(CO)NC(=O)c1cc(Br)cnc1NC(=S)NC(=O)O. The number of pyridine rings is 1. The summed E-state index contributed by atoms with van der Waals surface area (Å²) >= 11 is 7.97. The third-order valence-electron chi connectivity index (χ3n) is 2.20. The lowest BCUT2D eigenvalue weighted by atomic mass is 10.2. The lowest BCUT2D eigenvalue weighted by Gasteiger charge is -2.14. The molecular weight excluding hydrogens is 364 g/mol.